The summed E-state index contributed by atoms with van der Waals surface area (Å²) in [6.45, 7) is 3.54. The van der Waals surface area contributed by atoms with Gasteiger partial charge in [-0.25, -0.2) is 0 Å². The average molecular weight is 268 g/mol. The third-order valence-corrected chi connectivity index (χ3v) is 3.84. The predicted molar refractivity (Wildman–Crippen MR) is 71.7 cm³/mol. The van der Waals surface area contributed by atoms with Crippen molar-refractivity contribution in [3.05, 3.63) is 34.3 Å². The molecule has 0 unspecified atom stereocenters. The second-order valence-corrected chi connectivity index (χ2v) is 5.34. The number of aliphatic hydroxyl groups is 1. The first-order chi connectivity index (χ1) is 8.60. The van der Waals surface area contributed by atoms with Crippen molar-refractivity contribution in [3.63, 3.8) is 0 Å². The minimum Gasteiger partial charge on any atom is -0.396 e. The van der Waals surface area contributed by atoms with Crippen LogP contribution in [0.1, 0.15) is 17.5 Å². The highest BCUT2D eigenvalue weighted by atomic mass is 35.5. The molecule has 0 aliphatic carbocycles. The second-order valence-electron chi connectivity index (χ2n) is 4.93. The molecular weight excluding hydrogens is 250 g/mol. The van der Waals surface area contributed by atoms with Gasteiger partial charge in [-0.2, -0.15) is 0 Å². The fourth-order valence-corrected chi connectivity index (χ4v) is 2.29. The maximum absolute atomic E-state index is 11.8. The number of halogens is 1. The van der Waals surface area contributed by atoms with Crippen LogP contribution in [0.4, 0.5) is 0 Å². The zero-order chi connectivity index (χ0) is 13.1. The van der Waals surface area contributed by atoms with E-state index in [0.29, 0.717) is 19.5 Å². The van der Waals surface area contributed by atoms with Crippen LogP contribution in [0.25, 0.3) is 0 Å². The van der Waals surface area contributed by atoms with Crippen LogP contribution in [0, 0.1) is 12.8 Å². The molecule has 1 aromatic carbocycles. The predicted octanol–water partition coefficient (Wildman–Crippen LogP) is 2.03. The van der Waals surface area contributed by atoms with Crippen LogP contribution in [0.15, 0.2) is 18.2 Å². The van der Waals surface area contributed by atoms with Gasteiger partial charge in [0, 0.05) is 37.1 Å². The first-order valence-corrected chi connectivity index (χ1v) is 6.61. The normalized spacial score (nSPS) is 15.6. The number of hydrogen-bond acceptors (Lipinski definition) is 2. The largest absolute Gasteiger partial charge is 0.396 e. The van der Waals surface area contributed by atoms with E-state index in [9.17, 15) is 4.79 Å². The van der Waals surface area contributed by atoms with E-state index < -0.39 is 0 Å². The van der Waals surface area contributed by atoms with E-state index >= 15 is 0 Å². The zero-order valence-corrected chi connectivity index (χ0v) is 11.3. The van der Waals surface area contributed by atoms with Crippen LogP contribution < -0.4 is 0 Å². The molecule has 1 amide bonds. The number of benzene rings is 1. The summed E-state index contributed by atoms with van der Waals surface area (Å²) >= 11 is 6.04. The smallest absolute Gasteiger partial charge is 0.222 e. The monoisotopic (exact) mass is 267 g/mol. The molecule has 1 aliphatic heterocycles. The minimum atomic E-state index is 0.163. The lowest BCUT2D eigenvalue weighted by Gasteiger charge is -2.38. The molecule has 0 aromatic heterocycles. The van der Waals surface area contributed by atoms with E-state index in [-0.39, 0.29) is 18.4 Å². The molecule has 1 saturated heterocycles. The summed E-state index contributed by atoms with van der Waals surface area (Å²) in [4.78, 5) is 13.6. The number of amides is 1. The second kappa shape index (κ2) is 5.72. The highest BCUT2D eigenvalue weighted by Gasteiger charge is 2.29. The molecule has 2 rings (SSSR count). The van der Waals surface area contributed by atoms with Crippen LogP contribution in [-0.2, 0) is 11.2 Å². The lowest BCUT2D eigenvalue weighted by molar-refractivity contribution is -0.138. The summed E-state index contributed by atoms with van der Waals surface area (Å²) in [5, 5.41) is 9.65. The molecule has 1 fully saturated rings. The molecule has 1 aromatic rings. The standard InChI is InChI=1S/C14H18ClNO2/c1-10-2-3-11(6-13(10)15)4-5-14(18)16-7-12(8-16)9-17/h2-3,6,12,17H,4-5,7-9H2,1H3. The first-order valence-electron chi connectivity index (χ1n) is 6.24. The quantitative estimate of drug-likeness (QED) is 0.907. The number of carbonyl (C=O) groups is 1. The molecule has 1 heterocycles. The topological polar surface area (TPSA) is 40.5 Å². The Labute approximate surface area is 112 Å². The molecule has 3 nitrogen and oxygen atoms in total. The Bertz CT molecular complexity index is 441. The van der Waals surface area contributed by atoms with Crippen molar-refractivity contribution in [1.82, 2.24) is 4.90 Å². The number of rotatable bonds is 4. The Balaban J connectivity index is 1.81. The van der Waals surface area contributed by atoms with Gasteiger partial charge >= 0.3 is 0 Å². The molecule has 0 spiro atoms. The van der Waals surface area contributed by atoms with Crippen molar-refractivity contribution in [2.24, 2.45) is 5.92 Å². The number of carbonyl (C=O) groups excluding carboxylic acids is 1. The van der Waals surface area contributed by atoms with Crippen molar-refractivity contribution >= 4 is 17.5 Å². The molecule has 0 radical (unpaired) electrons. The molecule has 98 valence electrons. The van der Waals surface area contributed by atoms with Crippen LogP contribution in [0.2, 0.25) is 5.02 Å². The molecule has 4 heteroatoms. The van der Waals surface area contributed by atoms with Gasteiger partial charge in [0.05, 0.1) is 0 Å². The van der Waals surface area contributed by atoms with Crippen LogP contribution in [0.3, 0.4) is 0 Å². The third-order valence-electron chi connectivity index (χ3n) is 3.43. The first kappa shape index (κ1) is 13.4. The molecule has 0 saturated carbocycles. The Morgan fingerprint density at radius 3 is 2.83 bits per heavy atom. The molecule has 18 heavy (non-hydrogen) atoms. The Hall–Kier alpha value is -1.06. The van der Waals surface area contributed by atoms with Crippen LogP contribution >= 0.6 is 11.6 Å². The number of hydrogen-bond donors (Lipinski definition) is 1. The number of nitrogens with zero attached hydrogens (tertiary/aromatic N) is 1. The summed E-state index contributed by atoms with van der Waals surface area (Å²) in [5.41, 5.74) is 2.15. The number of aryl methyl sites for hydroxylation is 2. The van der Waals surface area contributed by atoms with Crippen molar-refractivity contribution in [2.45, 2.75) is 19.8 Å². The van der Waals surface area contributed by atoms with E-state index in [1.807, 2.05) is 25.1 Å². The molecule has 1 aliphatic rings. The summed E-state index contributed by atoms with van der Waals surface area (Å²) in [5.74, 6) is 0.444. The maximum Gasteiger partial charge on any atom is 0.222 e. The van der Waals surface area contributed by atoms with Gasteiger partial charge in [-0.1, -0.05) is 23.7 Å². The van der Waals surface area contributed by atoms with Gasteiger partial charge in [0.15, 0.2) is 0 Å². The molecule has 0 atom stereocenters. The summed E-state index contributed by atoms with van der Waals surface area (Å²) < 4.78 is 0. The molecule has 1 N–H and O–H groups in total. The Morgan fingerprint density at radius 2 is 2.22 bits per heavy atom. The highest BCUT2D eigenvalue weighted by Crippen LogP contribution is 2.19. The average Bonchev–Trinajstić information content (AvgIpc) is 2.29. The van der Waals surface area contributed by atoms with Crippen molar-refractivity contribution in [1.29, 1.82) is 0 Å². The van der Waals surface area contributed by atoms with Crippen LogP contribution in [0.5, 0.6) is 0 Å². The van der Waals surface area contributed by atoms with E-state index in [2.05, 4.69) is 0 Å². The van der Waals surface area contributed by atoms with Gasteiger partial charge in [0.25, 0.3) is 0 Å². The van der Waals surface area contributed by atoms with Crippen molar-refractivity contribution in [3.8, 4) is 0 Å². The number of likely N-dealkylation sites (tertiary alicyclic amines) is 1. The lowest BCUT2D eigenvalue weighted by Crippen LogP contribution is -2.51. The fourth-order valence-electron chi connectivity index (χ4n) is 2.09. The van der Waals surface area contributed by atoms with Gasteiger partial charge in [-0.15, -0.1) is 0 Å². The van der Waals surface area contributed by atoms with Crippen molar-refractivity contribution < 1.29 is 9.90 Å². The van der Waals surface area contributed by atoms with Gasteiger partial charge in [0.1, 0.15) is 0 Å². The third kappa shape index (κ3) is 3.03. The van der Waals surface area contributed by atoms with E-state index in [0.717, 1.165) is 22.6 Å². The maximum atomic E-state index is 11.8. The summed E-state index contributed by atoms with van der Waals surface area (Å²) in [6, 6.07) is 5.92. The van der Waals surface area contributed by atoms with Gasteiger partial charge in [0.2, 0.25) is 5.91 Å². The summed E-state index contributed by atoms with van der Waals surface area (Å²) in [6.07, 6.45) is 1.23. The fraction of sp³-hybridized carbons (Fsp3) is 0.500. The highest BCUT2D eigenvalue weighted by molar-refractivity contribution is 6.31. The Kier molecular flexibility index (Phi) is 4.25. The minimum absolute atomic E-state index is 0.163. The summed E-state index contributed by atoms with van der Waals surface area (Å²) in [7, 11) is 0. The van der Waals surface area contributed by atoms with E-state index in [1.54, 1.807) is 4.90 Å². The zero-order valence-electron chi connectivity index (χ0n) is 10.5. The van der Waals surface area contributed by atoms with E-state index in [1.165, 1.54) is 0 Å². The van der Waals surface area contributed by atoms with E-state index in [4.69, 9.17) is 16.7 Å². The van der Waals surface area contributed by atoms with Gasteiger partial charge in [-0.05, 0) is 30.5 Å². The lowest BCUT2D eigenvalue weighted by atomic mass is 10.00. The van der Waals surface area contributed by atoms with Crippen molar-refractivity contribution in [2.75, 3.05) is 19.7 Å². The molecular formula is C14H18ClNO2. The number of aliphatic hydroxyl groups excluding tert-OH is 1. The van der Waals surface area contributed by atoms with Crippen LogP contribution in [-0.4, -0.2) is 35.6 Å². The molecule has 0 bridgehead atoms. The Morgan fingerprint density at radius 1 is 1.50 bits per heavy atom. The SMILES string of the molecule is Cc1ccc(CCC(=O)N2CC(CO)C2)cc1Cl. The van der Waals surface area contributed by atoms with Gasteiger partial charge in [-0.3, -0.25) is 4.79 Å². The van der Waals surface area contributed by atoms with Gasteiger partial charge < -0.3 is 10.0 Å².